The molecule has 2 aromatic rings. The summed E-state index contributed by atoms with van der Waals surface area (Å²) in [4.78, 5) is 30.7. The SMILES string of the molecule is CCCSCc1cc(=O)[nH]c(SCC(=O)Nc2ccc(Br)cc2)n1. The first-order chi connectivity index (χ1) is 11.6. The zero-order valence-corrected chi connectivity index (χ0v) is 16.4. The van der Waals surface area contributed by atoms with Crippen molar-refractivity contribution in [2.24, 2.45) is 0 Å². The number of nitrogens with zero attached hydrogens (tertiary/aromatic N) is 1. The van der Waals surface area contributed by atoms with E-state index in [0.29, 0.717) is 10.9 Å². The number of carbonyl (C=O) groups excluding carboxylic acids is 1. The predicted molar refractivity (Wildman–Crippen MR) is 105 cm³/mol. The molecule has 1 aromatic heterocycles. The Hall–Kier alpha value is -1.25. The lowest BCUT2D eigenvalue weighted by Gasteiger charge is -2.06. The minimum absolute atomic E-state index is 0.143. The molecule has 0 spiro atoms. The summed E-state index contributed by atoms with van der Waals surface area (Å²) in [6.07, 6.45) is 1.09. The highest BCUT2D eigenvalue weighted by molar-refractivity contribution is 9.10. The van der Waals surface area contributed by atoms with E-state index in [0.717, 1.165) is 28.0 Å². The number of amides is 1. The summed E-state index contributed by atoms with van der Waals surface area (Å²) in [7, 11) is 0. The topological polar surface area (TPSA) is 74.8 Å². The van der Waals surface area contributed by atoms with Gasteiger partial charge in [0.05, 0.1) is 11.4 Å². The lowest BCUT2D eigenvalue weighted by molar-refractivity contribution is -0.113. The Kier molecular flexibility index (Phi) is 7.87. The van der Waals surface area contributed by atoms with Crippen LogP contribution in [0.3, 0.4) is 0 Å². The van der Waals surface area contributed by atoms with Gasteiger partial charge < -0.3 is 10.3 Å². The number of H-pyrrole nitrogens is 1. The number of benzene rings is 1. The van der Waals surface area contributed by atoms with Crippen molar-refractivity contribution < 1.29 is 4.79 Å². The van der Waals surface area contributed by atoms with Crippen LogP contribution in [0.15, 0.2) is 44.8 Å². The second kappa shape index (κ2) is 9.90. The highest BCUT2D eigenvalue weighted by Crippen LogP contribution is 2.17. The van der Waals surface area contributed by atoms with E-state index in [1.54, 1.807) is 11.8 Å². The van der Waals surface area contributed by atoms with Crippen LogP contribution in [-0.4, -0.2) is 27.4 Å². The normalized spacial score (nSPS) is 10.6. The van der Waals surface area contributed by atoms with Crippen LogP contribution in [0.1, 0.15) is 19.0 Å². The zero-order chi connectivity index (χ0) is 17.4. The fraction of sp³-hybridized carbons (Fsp3) is 0.312. The smallest absolute Gasteiger partial charge is 0.251 e. The van der Waals surface area contributed by atoms with Gasteiger partial charge in [-0.1, -0.05) is 34.6 Å². The highest BCUT2D eigenvalue weighted by Gasteiger charge is 2.07. The molecule has 128 valence electrons. The van der Waals surface area contributed by atoms with Crippen LogP contribution in [0.5, 0.6) is 0 Å². The predicted octanol–water partition coefficient (Wildman–Crippen LogP) is 3.91. The molecule has 0 radical (unpaired) electrons. The van der Waals surface area contributed by atoms with Crippen LogP contribution in [0.4, 0.5) is 5.69 Å². The molecule has 2 N–H and O–H groups in total. The molecule has 0 bridgehead atoms. The molecule has 0 fully saturated rings. The van der Waals surface area contributed by atoms with E-state index in [1.807, 2.05) is 24.3 Å². The quantitative estimate of drug-likeness (QED) is 0.379. The number of aromatic amines is 1. The Morgan fingerprint density at radius 1 is 1.33 bits per heavy atom. The first-order valence-corrected chi connectivity index (χ1v) is 10.4. The van der Waals surface area contributed by atoms with E-state index in [2.05, 4.69) is 38.1 Å². The average Bonchev–Trinajstić information content (AvgIpc) is 2.55. The number of hydrogen-bond acceptors (Lipinski definition) is 5. The van der Waals surface area contributed by atoms with Gasteiger partial charge in [0.2, 0.25) is 5.91 Å². The minimum atomic E-state index is -0.187. The number of hydrogen-bond donors (Lipinski definition) is 2. The second-order valence-electron chi connectivity index (χ2n) is 4.94. The molecule has 8 heteroatoms. The lowest BCUT2D eigenvalue weighted by atomic mass is 10.3. The standard InChI is InChI=1S/C16H18BrN3O2S2/c1-2-7-23-9-13-8-14(21)20-16(19-13)24-10-15(22)18-12-5-3-11(17)4-6-12/h3-6,8H,2,7,9-10H2,1H3,(H,18,22)(H,19,20,21). The minimum Gasteiger partial charge on any atom is -0.325 e. The van der Waals surface area contributed by atoms with E-state index < -0.39 is 0 Å². The zero-order valence-electron chi connectivity index (χ0n) is 13.2. The van der Waals surface area contributed by atoms with Crippen LogP contribution in [0.2, 0.25) is 0 Å². The molecular weight excluding hydrogens is 410 g/mol. The number of anilines is 1. The van der Waals surface area contributed by atoms with Gasteiger partial charge in [0, 0.05) is 22.0 Å². The molecule has 24 heavy (non-hydrogen) atoms. The third-order valence-corrected chi connectivity index (χ3v) is 5.44. The Morgan fingerprint density at radius 3 is 2.79 bits per heavy atom. The maximum absolute atomic E-state index is 12.0. The van der Waals surface area contributed by atoms with E-state index in [4.69, 9.17) is 0 Å². The van der Waals surface area contributed by atoms with Crippen LogP contribution in [0.25, 0.3) is 0 Å². The van der Waals surface area contributed by atoms with Crippen molar-refractivity contribution in [2.45, 2.75) is 24.3 Å². The molecule has 1 aromatic carbocycles. The molecule has 1 heterocycles. The summed E-state index contributed by atoms with van der Waals surface area (Å²) in [5.41, 5.74) is 1.29. The van der Waals surface area contributed by atoms with E-state index >= 15 is 0 Å². The van der Waals surface area contributed by atoms with Gasteiger partial charge in [0.15, 0.2) is 5.16 Å². The monoisotopic (exact) mass is 427 g/mol. The van der Waals surface area contributed by atoms with Gasteiger partial charge in [-0.2, -0.15) is 11.8 Å². The average molecular weight is 428 g/mol. The number of rotatable bonds is 8. The molecular formula is C16H18BrN3O2S2. The van der Waals surface area contributed by atoms with Crippen molar-refractivity contribution in [3.63, 3.8) is 0 Å². The molecule has 0 unspecified atom stereocenters. The fourth-order valence-corrected chi connectivity index (χ4v) is 3.56. The number of thioether (sulfide) groups is 2. The largest absolute Gasteiger partial charge is 0.325 e. The van der Waals surface area contributed by atoms with Crippen molar-refractivity contribution in [3.05, 3.63) is 50.9 Å². The first-order valence-electron chi connectivity index (χ1n) is 7.43. The summed E-state index contributed by atoms with van der Waals surface area (Å²) in [6.45, 7) is 2.11. The van der Waals surface area contributed by atoms with Crippen molar-refractivity contribution in [2.75, 3.05) is 16.8 Å². The molecule has 5 nitrogen and oxygen atoms in total. The molecule has 1 amide bonds. The van der Waals surface area contributed by atoms with Crippen molar-refractivity contribution in [1.82, 2.24) is 9.97 Å². The Bertz CT molecular complexity index is 735. The van der Waals surface area contributed by atoms with Gasteiger partial charge in [-0.15, -0.1) is 0 Å². The van der Waals surface area contributed by atoms with Crippen LogP contribution < -0.4 is 10.9 Å². The summed E-state index contributed by atoms with van der Waals surface area (Å²) >= 11 is 6.31. The first kappa shape index (κ1) is 19.1. The molecule has 0 saturated carbocycles. The Morgan fingerprint density at radius 2 is 2.08 bits per heavy atom. The number of aromatic nitrogens is 2. The molecule has 2 rings (SSSR count). The third-order valence-electron chi connectivity index (χ3n) is 2.84. The van der Waals surface area contributed by atoms with Crippen molar-refractivity contribution >= 4 is 51.0 Å². The van der Waals surface area contributed by atoms with Crippen LogP contribution in [0, 0.1) is 0 Å². The van der Waals surface area contributed by atoms with Gasteiger partial charge in [0.25, 0.3) is 5.56 Å². The highest BCUT2D eigenvalue weighted by atomic mass is 79.9. The van der Waals surface area contributed by atoms with Crippen molar-refractivity contribution in [3.8, 4) is 0 Å². The summed E-state index contributed by atoms with van der Waals surface area (Å²) in [6, 6.07) is 8.86. The molecule has 0 aliphatic carbocycles. The second-order valence-corrected chi connectivity index (χ2v) is 7.92. The molecule has 0 aliphatic rings. The van der Waals surface area contributed by atoms with E-state index in [-0.39, 0.29) is 17.2 Å². The fourth-order valence-electron chi connectivity index (χ4n) is 1.81. The third kappa shape index (κ3) is 6.70. The lowest BCUT2D eigenvalue weighted by Crippen LogP contribution is -2.15. The van der Waals surface area contributed by atoms with Gasteiger partial charge in [-0.05, 0) is 36.4 Å². The summed E-state index contributed by atoms with van der Waals surface area (Å²) < 4.78 is 0.953. The summed E-state index contributed by atoms with van der Waals surface area (Å²) in [5, 5.41) is 3.28. The number of nitrogens with one attached hydrogen (secondary N) is 2. The van der Waals surface area contributed by atoms with Crippen molar-refractivity contribution in [1.29, 1.82) is 0 Å². The van der Waals surface area contributed by atoms with Crippen LogP contribution >= 0.6 is 39.5 Å². The Balaban J connectivity index is 1.89. The summed E-state index contributed by atoms with van der Waals surface area (Å²) in [5.74, 6) is 1.78. The number of halogens is 1. The van der Waals surface area contributed by atoms with Gasteiger partial charge in [-0.25, -0.2) is 4.98 Å². The maximum Gasteiger partial charge on any atom is 0.251 e. The van der Waals surface area contributed by atoms with Gasteiger partial charge >= 0.3 is 0 Å². The maximum atomic E-state index is 12.0. The number of carbonyl (C=O) groups is 1. The molecule has 0 atom stereocenters. The molecule has 0 saturated heterocycles. The van der Waals surface area contributed by atoms with Crippen LogP contribution in [-0.2, 0) is 10.5 Å². The van der Waals surface area contributed by atoms with Gasteiger partial charge in [0.1, 0.15) is 0 Å². The van der Waals surface area contributed by atoms with E-state index in [9.17, 15) is 9.59 Å². The van der Waals surface area contributed by atoms with Gasteiger partial charge in [-0.3, -0.25) is 9.59 Å². The van der Waals surface area contributed by atoms with E-state index in [1.165, 1.54) is 17.8 Å². The Labute approximate surface area is 157 Å². The molecule has 0 aliphatic heterocycles.